The van der Waals surface area contributed by atoms with Gasteiger partial charge in [-0.05, 0) is 25.3 Å². The predicted molar refractivity (Wildman–Crippen MR) is 65.0 cm³/mol. The highest BCUT2D eigenvalue weighted by atomic mass is 16.4. The van der Waals surface area contributed by atoms with Crippen molar-refractivity contribution in [2.45, 2.75) is 37.8 Å². The van der Waals surface area contributed by atoms with Crippen molar-refractivity contribution in [3.05, 3.63) is 35.4 Å². The predicted octanol–water partition coefficient (Wildman–Crippen LogP) is 1.91. The van der Waals surface area contributed by atoms with Gasteiger partial charge in [0.2, 0.25) is 0 Å². The SMILES string of the molecule is Cc1ccc(C2C3CCC(N3)C2C(=O)O)cc1. The van der Waals surface area contributed by atoms with E-state index in [0.717, 1.165) is 12.8 Å². The second-order valence-electron chi connectivity index (χ2n) is 5.26. The van der Waals surface area contributed by atoms with E-state index in [2.05, 4.69) is 36.5 Å². The van der Waals surface area contributed by atoms with Gasteiger partial charge in [-0.25, -0.2) is 0 Å². The normalized spacial score (nSPS) is 35.1. The van der Waals surface area contributed by atoms with Crippen LogP contribution in [-0.2, 0) is 4.79 Å². The zero-order valence-corrected chi connectivity index (χ0v) is 9.89. The molecule has 2 N–H and O–H groups in total. The number of benzene rings is 1. The second kappa shape index (κ2) is 3.84. The largest absolute Gasteiger partial charge is 0.481 e. The molecule has 90 valence electrons. The number of nitrogens with one attached hydrogen (secondary N) is 1. The third-order valence-electron chi connectivity index (χ3n) is 4.22. The van der Waals surface area contributed by atoms with E-state index < -0.39 is 5.97 Å². The highest BCUT2D eigenvalue weighted by Gasteiger charge is 2.51. The van der Waals surface area contributed by atoms with E-state index in [9.17, 15) is 9.90 Å². The third kappa shape index (κ3) is 1.65. The first-order valence-corrected chi connectivity index (χ1v) is 6.22. The highest BCUT2D eigenvalue weighted by molar-refractivity contribution is 5.73. The van der Waals surface area contributed by atoms with E-state index in [1.165, 1.54) is 11.1 Å². The molecule has 0 saturated carbocycles. The monoisotopic (exact) mass is 231 g/mol. The number of carboxylic acids is 1. The van der Waals surface area contributed by atoms with Crippen LogP contribution in [0.5, 0.6) is 0 Å². The minimum atomic E-state index is -0.657. The van der Waals surface area contributed by atoms with E-state index in [1.807, 2.05) is 0 Å². The van der Waals surface area contributed by atoms with Crippen LogP contribution >= 0.6 is 0 Å². The van der Waals surface area contributed by atoms with E-state index in [4.69, 9.17) is 0 Å². The number of hydrogen-bond donors (Lipinski definition) is 2. The van der Waals surface area contributed by atoms with Crippen molar-refractivity contribution in [3.63, 3.8) is 0 Å². The smallest absolute Gasteiger partial charge is 0.308 e. The molecular formula is C14H17NO2. The van der Waals surface area contributed by atoms with Gasteiger partial charge in [0.15, 0.2) is 0 Å². The summed E-state index contributed by atoms with van der Waals surface area (Å²) in [5.41, 5.74) is 2.39. The molecule has 2 aliphatic heterocycles. The Bertz CT molecular complexity index is 440. The van der Waals surface area contributed by atoms with Gasteiger partial charge in [-0.1, -0.05) is 29.8 Å². The van der Waals surface area contributed by atoms with Gasteiger partial charge in [-0.2, -0.15) is 0 Å². The maximum Gasteiger partial charge on any atom is 0.308 e. The molecule has 3 heteroatoms. The number of aliphatic carboxylic acids is 1. The van der Waals surface area contributed by atoms with Crippen LogP contribution in [0.3, 0.4) is 0 Å². The Morgan fingerprint density at radius 2 is 1.88 bits per heavy atom. The van der Waals surface area contributed by atoms with E-state index >= 15 is 0 Å². The Morgan fingerprint density at radius 3 is 2.53 bits per heavy atom. The van der Waals surface area contributed by atoms with Crippen LogP contribution in [-0.4, -0.2) is 23.2 Å². The number of fused-ring (bicyclic) bond motifs is 2. The fraction of sp³-hybridized carbons (Fsp3) is 0.500. The molecule has 2 heterocycles. The van der Waals surface area contributed by atoms with Gasteiger partial charge >= 0.3 is 5.97 Å². The topological polar surface area (TPSA) is 49.3 Å². The first-order chi connectivity index (χ1) is 8.16. The number of aryl methyl sites for hydroxylation is 1. The van der Waals surface area contributed by atoms with Gasteiger partial charge in [0, 0.05) is 18.0 Å². The zero-order valence-electron chi connectivity index (χ0n) is 9.89. The molecule has 0 spiro atoms. The van der Waals surface area contributed by atoms with Crippen molar-refractivity contribution < 1.29 is 9.90 Å². The van der Waals surface area contributed by atoms with Crippen LogP contribution in [0.25, 0.3) is 0 Å². The molecule has 3 rings (SSSR count). The summed E-state index contributed by atoms with van der Waals surface area (Å²) < 4.78 is 0. The third-order valence-corrected chi connectivity index (χ3v) is 4.22. The van der Waals surface area contributed by atoms with Crippen LogP contribution in [0.15, 0.2) is 24.3 Å². The first-order valence-electron chi connectivity index (χ1n) is 6.22. The molecule has 2 bridgehead atoms. The standard InChI is InChI=1S/C14H17NO2/c1-8-2-4-9(5-3-8)12-10-6-7-11(15-10)13(12)14(16)17/h2-5,10-13,15H,6-7H2,1H3,(H,16,17). The number of carbonyl (C=O) groups is 1. The molecule has 0 radical (unpaired) electrons. The van der Waals surface area contributed by atoms with Crippen LogP contribution < -0.4 is 5.32 Å². The molecule has 1 aromatic carbocycles. The maximum atomic E-state index is 11.4. The van der Waals surface area contributed by atoms with Gasteiger partial charge < -0.3 is 10.4 Å². The van der Waals surface area contributed by atoms with Crippen molar-refractivity contribution in [3.8, 4) is 0 Å². The highest BCUT2D eigenvalue weighted by Crippen LogP contribution is 2.44. The van der Waals surface area contributed by atoms with Crippen LogP contribution in [0, 0.1) is 12.8 Å². The average molecular weight is 231 g/mol. The molecule has 4 unspecified atom stereocenters. The molecule has 2 saturated heterocycles. The zero-order chi connectivity index (χ0) is 12.0. The van der Waals surface area contributed by atoms with E-state index in [-0.39, 0.29) is 17.9 Å². The fourth-order valence-electron chi connectivity index (χ4n) is 3.42. The second-order valence-corrected chi connectivity index (χ2v) is 5.26. The Balaban J connectivity index is 1.95. The summed E-state index contributed by atoms with van der Waals surface area (Å²) in [6.07, 6.45) is 2.11. The van der Waals surface area contributed by atoms with Crippen molar-refractivity contribution in [1.29, 1.82) is 0 Å². The number of rotatable bonds is 2. The lowest BCUT2D eigenvalue weighted by Gasteiger charge is -2.26. The van der Waals surface area contributed by atoms with Crippen molar-refractivity contribution in [2.75, 3.05) is 0 Å². The van der Waals surface area contributed by atoms with Crippen molar-refractivity contribution >= 4 is 5.97 Å². The lowest BCUT2D eigenvalue weighted by molar-refractivity contribution is -0.142. The molecule has 0 aliphatic carbocycles. The molecule has 3 nitrogen and oxygen atoms in total. The Kier molecular flexibility index (Phi) is 2.44. The molecule has 0 aromatic heterocycles. The number of hydrogen-bond acceptors (Lipinski definition) is 2. The van der Waals surface area contributed by atoms with Gasteiger partial charge in [0.05, 0.1) is 5.92 Å². The summed E-state index contributed by atoms with van der Waals surface area (Å²) in [4.78, 5) is 11.4. The summed E-state index contributed by atoms with van der Waals surface area (Å²) in [5.74, 6) is -0.765. The van der Waals surface area contributed by atoms with Gasteiger partial charge in [-0.3, -0.25) is 4.79 Å². The maximum absolute atomic E-state index is 11.4. The van der Waals surface area contributed by atoms with Crippen LogP contribution in [0.2, 0.25) is 0 Å². The van der Waals surface area contributed by atoms with Gasteiger partial charge in [-0.15, -0.1) is 0 Å². The summed E-state index contributed by atoms with van der Waals surface area (Å²) >= 11 is 0. The van der Waals surface area contributed by atoms with Crippen molar-refractivity contribution in [1.82, 2.24) is 5.32 Å². The Hall–Kier alpha value is -1.35. The molecular weight excluding hydrogens is 214 g/mol. The first kappa shape index (κ1) is 10.8. The molecule has 2 fully saturated rings. The summed E-state index contributed by atoms with van der Waals surface area (Å²) in [7, 11) is 0. The molecule has 4 atom stereocenters. The molecule has 0 amide bonds. The lowest BCUT2D eigenvalue weighted by atomic mass is 9.75. The van der Waals surface area contributed by atoms with E-state index in [1.54, 1.807) is 0 Å². The number of carboxylic acid groups (broad SMARTS) is 1. The summed E-state index contributed by atoms with van der Waals surface area (Å²) in [6, 6.07) is 8.82. The molecule has 2 aliphatic rings. The molecule has 17 heavy (non-hydrogen) atoms. The average Bonchev–Trinajstić information content (AvgIpc) is 2.89. The Morgan fingerprint density at radius 1 is 1.24 bits per heavy atom. The fourth-order valence-corrected chi connectivity index (χ4v) is 3.42. The minimum Gasteiger partial charge on any atom is -0.481 e. The lowest BCUT2D eigenvalue weighted by Crippen LogP contribution is -2.32. The van der Waals surface area contributed by atoms with Crippen molar-refractivity contribution in [2.24, 2.45) is 5.92 Å². The van der Waals surface area contributed by atoms with Gasteiger partial charge in [0.25, 0.3) is 0 Å². The summed E-state index contributed by atoms with van der Waals surface area (Å²) in [5, 5.41) is 12.8. The molecule has 1 aromatic rings. The summed E-state index contributed by atoms with van der Waals surface area (Å²) in [6.45, 7) is 2.05. The Labute approximate surface area is 101 Å². The van der Waals surface area contributed by atoms with Crippen LogP contribution in [0.1, 0.15) is 29.9 Å². The quantitative estimate of drug-likeness (QED) is 0.817. The van der Waals surface area contributed by atoms with E-state index in [0.29, 0.717) is 6.04 Å². The van der Waals surface area contributed by atoms with Crippen LogP contribution in [0.4, 0.5) is 0 Å². The minimum absolute atomic E-state index is 0.145. The van der Waals surface area contributed by atoms with Gasteiger partial charge in [0.1, 0.15) is 0 Å².